The number of rotatable bonds is 6. The van der Waals surface area contributed by atoms with Gasteiger partial charge in [-0.25, -0.2) is 9.67 Å². The Kier molecular flexibility index (Phi) is 5.02. The molecule has 0 amide bonds. The molecule has 0 aliphatic carbocycles. The summed E-state index contributed by atoms with van der Waals surface area (Å²) in [6.07, 6.45) is 2.14. The van der Waals surface area contributed by atoms with Crippen LogP contribution >= 0.6 is 23.4 Å². The molecule has 0 aliphatic rings. The summed E-state index contributed by atoms with van der Waals surface area (Å²) in [5.41, 5.74) is 3.09. The zero-order chi connectivity index (χ0) is 14.9. The number of aromatic nitrogens is 4. The fourth-order valence-electron chi connectivity index (χ4n) is 2.59. The largest absolute Gasteiger partial charge is 0.311 e. The number of aryl methyl sites for hydroxylation is 2. The van der Waals surface area contributed by atoms with Crippen molar-refractivity contribution in [3.63, 3.8) is 0 Å². The highest BCUT2D eigenvalue weighted by Gasteiger charge is 2.21. The Morgan fingerprint density at radius 1 is 1.35 bits per heavy atom. The third-order valence-corrected chi connectivity index (χ3v) is 4.53. The minimum atomic E-state index is -0.0893. The Balaban J connectivity index is 2.54. The first-order chi connectivity index (χ1) is 9.49. The fourth-order valence-corrected chi connectivity index (χ4v) is 3.44. The van der Waals surface area contributed by atoms with E-state index in [4.69, 9.17) is 16.6 Å². The van der Waals surface area contributed by atoms with Gasteiger partial charge in [0.25, 0.3) is 0 Å². The minimum absolute atomic E-state index is 0.0893. The molecule has 20 heavy (non-hydrogen) atoms. The van der Waals surface area contributed by atoms with E-state index in [-0.39, 0.29) is 5.38 Å². The van der Waals surface area contributed by atoms with Crippen LogP contribution in [0.1, 0.15) is 37.7 Å². The smallest absolute Gasteiger partial charge is 0.158 e. The summed E-state index contributed by atoms with van der Waals surface area (Å²) in [5.74, 6) is 2.67. The predicted molar refractivity (Wildman–Crippen MR) is 87.7 cm³/mol. The number of alkyl halides is 1. The number of halogens is 1. The van der Waals surface area contributed by atoms with Crippen LogP contribution in [0.3, 0.4) is 0 Å². The number of hydrogen-bond donors (Lipinski definition) is 0. The van der Waals surface area contributed by atoms with E-state index < -0.39 is 0 Å². The van der Waals surface area contributed by atoms with E-state index in [1.165, 1.54) is 0 Å². The van der Waals surface area contributed by atoms with Crippen molar-refractivity contribution >= 4 is 34.5 Å². The van der Waals surface area contributed by atoms with Gasteiger partial charge in [0.1, 0.15) is 11.3 Å². The van der Waals surface area contributed by atoms with E-state index in [0.29, 0.717) is 5.92 Å². The molecule has 2 rings (SSSR count). The Bertz CT molecular complexity index is 588. The number of fused-ring (bicyclic) bond motifs is 1. The van der Waals surface area contributed by atoms with Gasteiger partial charge in [-0.1, -0.05) is 6.92 Å². The monoisotopic (exact) mass is 314 g/mol. The van der Waals surface area contributed by atoms with Gasteiger partial charge in [0.15, 0.2) is 5.65 Å². The second-order valence-electron chi connectivity index (χ2n) is 5.33. The maximum atomic E-state index is 6.33. The van der Waals surface area contributed by atoms with Crippen LogP contribution in [-0.2, 0) is 13.1 Å². The van der Waals surface area contributed by atoms with Crippen LogP contribution < -0.4 is 0 Å². The lowest BCUT2D eigenvalue weighted by atomic mass is 10.2. The molecule has 0 fully saturated rings. The molecule has 0 aromatic carbocycles. The van der Waals surface area contributed by atoms with Crippen molar-refractivity contribution in [2.45, 2.75) is 46.2 Å². The molecular formula is C14H23ClN4S. The quantitative estimate of drug-likeness (QED) is 0.760. The molecule has 0 N–H and O–H groups in total. The predicted octanol–water partition coefficient (Wildman–Crippen LogP) is 3.86. The van der Waals surface area contributed by atoms with Crippen LogP contribution in [0.2, 0.25) is 0 Å². The third kappa shape index (κ3) is 2.84. The fraction of sp³-hybridized carbons (Fsp3) is 0.714. The average molecular weight is 315 g/mol. The van der Waals surface area contributed by atoms with E-state index in [0.717, 1.165) is 41.5 Å². The third-order valence-electron chi connectivity index (χ3n) is 3.43. The molecule has 2 atom stereocenters. The van der Waals surface area contributed by atoms with Crippen molar-refractivity contribution in [2.75, 3.05) is 12.0 Å². The number of hydrogen-bond acceptors (Lipinski definition) is 3. The van der Waals surface area contributed by atoms with Crippen molar-refractivity contribution in [1.82, 2.24) is 19.3 Å². The normalized spacial score (nSPS) is 14.9. The summed E-state index contributed by atoms with van der Waals surface area (Å²) in [6.45, 7) is 10.2. The van der Waals surface area contributed by atoms with Crippen LogP contribution in [0.25, 0.3) is 11.2 Å². The minimum Gasteiger partial charge on any atom is -0.311 e. The second kappa shape index (κ2) is 6.39. The Labute approximate surface area is 129 Å². The van der Waals surface area contributed by atoms with E-state index in [1.54, 1.807) is 0 Å². The van der Waals surface area contributed by atoms with Crippen molar-refractivity contribution in [1.29, 1.82) is 0 Å². The maximum absolute atomic E-state index is 6.33. The van der Waals surface area contributed by atoms with Crippen molar-refractivity contribution in [2.24, 2.45) is 5.92 Å². The van der Waals surface area contributed by atoms with E-state index in [1.807, 2.05) is 30.3 Å². The molecule has 4 nitrogen and oxygen atoms in total. The molecule has 2 heterocycles. The van der Waals surface area contributed by atoms with Crippen LogP contribution in [0.4, 0.5) is 0 Å². The molecule has 6 heteroatoms. The molecule has 0 bridgehead atoms. The summed E-state index contributed by atoms with van der Waals surface area (Å²) >= 11 is 8.20. The van der Waals surface area contributed by atoms with Crippen molar-refractivity contribution in [3.05, 3.63) is 11.5 Å². The second-order valence-corrected chi connectivity index (χ2v) is 6.90. The first-order valence-corrected chi connectivity index (χ1v) is 8.89. The van der Waals surface area contributed by atoms with Gasteiger partial charge >= 0.3 is 0 Å². The molecule has 0 saturated carbocycles. The van der Waals surface area contributed by atoms with Crippen molar-refractivity contribution < 1.29 is 0 Å². The molecule has 2 unspecified atom stereocenters. The van der Waals surface area contributed by atoms with E-state index in [2.05, 4.69) is 29.8 Å². The van der Waals surface area contributed by atoms with Gasteiger partial charge in [0.2, 0.25) is 0 Å². The summed E-state index contributed by atoms with van der Waals surface area (Å²) in [6, 6.07) is 0. The van der Waals surface area contributed by atoms with Crippen LogP contribution in [0.15, 0.2) is 0 Å². The Morgan fingerprint density at radius 3 is 2.60 bits per heavy atom. The topological polar surface area (TPSA) is 35.6 Å². The number of imidazole rings is 1. The van der Waals surface area contributed by atoms with E-state index >= 15 is 0 Å². The van der Waals surface area contributed by atoms with Gasteiger partial charge in [0.05, 0.1) is 11.1 Å². The zero-order valence-corrected chi connectivity index (χ0v) is 14.4. The first-order valence-electron chi connectivity index (χ1n) is 7.06. The molecule has 2 aromatic heterocycles. The summed E-state index contributed by atoms with van der Waals surface area (Å²) in [7, 11) is 0. The van der Waals surface area contributed by atoms with E-state index in [9.17, 15) is 0 Å². The van der Waals surface area contributed by atoms with Crippen LogP contribution in [0, 0.1) is 12.8 Å². The summed E-state index contributed by atoms with van der Waals surface area (Å²) in [4.78, 5) is 4.73. The Morgan fingerprint density at radius 2 is 2.05 bits per heavy atom. The first kappa shape index (κ1) is 15.7. The Hall–Kier alpha value is -0.680. The average Bonchev–Trinajstić information content (AvgIpc) is 2.89. The molecule has 0 aliphatic heterocycles. The molecule has 0 saturated heterocycles. The maximum Gasteiger partial charge on any atom is 0.158 e. The molecule has 0 spiro atoms. The van der Waals surface area contributed by atoms with Gasteiger partial charge in [-0.05, 0) is 38.7 Å². The molecular weight excluding hydrogens is 292 g/mol. The lowest BCUT2D eigenvalue weighted by Gasteiger charge is -2.16. The SMILES string of the molecule is CCn1nc(C)c2nc(C(C)Cl)n(CC(C)CSC)c21. The van der Waals surface area contributed by atoms with Gasteiger partial charge < -0.3 is 4.57 Å². The highest BCUT2D eigenvalue weighted by molar-refractivity contribution is 7.98. The van der Waals surface area contributed by atoms with Crippen LogP contribution in [0.5, 0.6) is 0 Å². The highest BCUT2D eigenvalue weighted by atomic mass is 35.5. The van der Waals surface area contributed by atoms with Crippen LogP contribution in [-0.4, -0.2) is 31.3 Å². The van der Waals surface area contributed by atoms with Gasteiger partial charge in [0, 0.05) is 13.1 Å². The standard InChI is InChI=1S/C14H23ClN4S/c1-6-19-14-12(11(4)17-19)16-13(10(3)15)18(14)7-9(2)8-20-5/h9-10H,6-8H2,1-5H3. The summed E-state index contributed by atoms with van der Waals surface area (Å²) < 4.78 is 4.30. The van der Waals surface area contributed by atoms with Gasteiger partial charge in [-0.15, -0.1) is 11.6 Å². The molecule has 2 aromatic rings. The van der Waals surface area contributed by atoms with Gasteiger partial charge in [-0.3, -0.25) is 0 Å². The van der Waals surface area contributed by atoms with Crippen molar-refractivity contribution in [3.8, 4) is 0 Å². The summed E-state index contributed by atoms with van der Waals surface area (Å²) in [5, 5.41) is 4.48. The highest BCUT2D eigenvalue weighted by Crippen LogP contribution is 2.27. The number of thioether (sulfide) groups is 1. The molecule has 112 valence electrons. The lowest BCUT2D eigenvalue weighted by Crippen LogP contribution is -2.15. The lowest BCUT2D eigenvalue weighted by molar-refractivity contribution is 0.510. The molecule has 0 radical (unpaired) electrons. The number of nitrogens with zero attached hydrogens (tertiary/aromatic N) is 4. The van der Waals surface area contributed by atoms with Gasteiger partial charge in [-0.2, -0.15) is 16.9 Å². The zero-order valence-electron chi connectivity index (χ0n) is 12.9.